The van der Waals surface area contributed by atoms with E-state index in [4.69, 9.17) is 4.74 Å². The number of ether oxygens (including phenoxy) is 1. The molecule has 22 heavy (non-hydrogen) atoms. The Bertz CT molecular complexity index is 590. The van der Waals surface area contributed by atoms with Crippen molar-refractivity contribution in [3.05, 3.63) is 42.7 Å². The number of benzene rings is 1. The van der Waals surface area contributed by atoms with Crippen LogP contribution in [-0.2, 0) is 4.79 Å². The standard InChI is InChI=1S/C16H20N4O2/c1-2-22-14-8-4-3-7-13(14)20-15(21)9-5-10-17-16-18-11-6-12-19-16/h3-4,6-8,11-12H,2,5,9-10H2,1H3,(H,20,21)(H,17,18,19). The van der Waals surface area contributed by atoms with Gasteiger partial charge in [-0.3, -0.25) is 4.79 Å². The second-order valence-corrected chi connectivity index (χ2v) is 4.58. The molecule has 2 rings (SSSR count). The maximum Gasteiger partial charge on any atom is 0.224 e. The predicted molar refractivity (Wildman–Crippen MR) is 86.0 cm³/mol. The molecule has 0 saturated heterocycles. The van der Waals surface area contributed by atoms with Crippen LogP contribution < -0.4 is 15.4 Å². The third kappa shape index (κ3) is 5.05. The van der Waals surface area contributed by atoms with Crippen LogP contribution in [0, 0.1) is 0 Å². The van der Waals surface area contributed by atoms with Gasteiger partial charge >= 0.3 is 0 Å². The van der Waals surface area contributed by atoms with Gasteiger partial charge in [-0.2, -0.15) is 0 Å². The van der Waals surface area contributed by atoms with Crippen LogP contribution in [-0.4, -0.2) is 29.0 Å². The van der Waals surface area contributed by atoms with Gasteiger partial charge in [-0.15, -0.1) is 0 Å². The highest BCUT2D eigenvalue weighted by molar-refractivity contribution is 5.92. The summed E-state index contributed by atoms with van der Waals surface area (Å²) >= 11 is 0. The summed E-state index contributed by atoms with van der Waals surface area (Å²) in [5.41, 5.74) is 0.703. The second-order valence-electron chi connectivity index (χ2n) is 4.58. The van der Waals surface area contributed by atoms with Gasteiger partial charge < -0.3 is 15.4 Å². The van der Waals surface area contributed by atoms with Crippen LogP contribution in [0.1, 0.15) is 19.8 Å². The highest BCUT2D eigenvalue weighted by Crippen LogP contribution is 2.23. The van der Waals surface area contributed by atoms with E-state index >= 15 is 0 Å². The molecule has 116 valence electrons. The molecular weight excluding hydrogens is 280 g/mol. The van der Waals surface area contributed by atoms with Gasteiger partial charge in [-0.1, -0.05) is 12.1 Å². The minimum Gasteiger partial charge on any atom is -0.492 e. The van der Waals surface area contributed by atoms with Crippen molar-refractivity contribution in [3.8, 4) is 5.75 Å². The van der Waals surface area contributed by atoms with E-state index in [-0.39, 0.29) is 5.91 Å². The lowest BCUT2D eigenvalue weighted by Gasteiger charge is -2.11. The number of nitrogens with zero attached hydrogens (tertiary/aromatic N) is 2. The summed E-state index contributed by atoms with van der Waals surface area (Å²) in [6.07, 6.45) is 4.46. The summed E-state index contributed by atoms with van der Waals surface area (Å²) < 4.78 is 5.48. The molecule has 0 aliphatic heterocycles. The first-order valence-corrected chi connectivity index (χ1v) is 7.32. The summed E-state index contributed by atoms with van der Waals surface area (Å²) in [6.45, 7) is 3.12. The number of hydrogen-bond acceptors (Lipinski definition) is 5. The Kier molecular flexibility index (Phi) is 6.17. The van der Waals surface area contributed by atoms with Crippen LogP contribution in [0.2, 0.25) is 0 Å². The van der Waals surface area contributed by atoms with Crippen LogP contribution in [0.5, 0.6) is 5.75 Å². The molecule has 0 aliphatic carbocycles. The second kappa shape index (κ2) is 8.61. The first kappa shape index (κ1) is 15.8. The van der Waals surface area contributed by atoms with Gasteiger partial charge in [0.15, 0.2) is 0 Å². The zero-order valence-electron chi connectivity index (χ0n) is 12.6. The zero-order valence-corrected chi connectivity index (χ0v) is 12.6. The fourth-order valence-electron chi connectivity index (χ4n) is 1.90. The molecule has 0 saturated carbocycles. The number of nitrogens with one attached hydrogen (secondary N) is 2. The Balaban J connectivity index is 1.74. The first-order chi connectivity index (χ1) is 10.8. The van der Waals surface area contributed by atoms with E-state index in [0.29, 0.717) is 43.4 Å². The van der Waals surface area contributed by atoms with Crippen molar-refractivity contribution in [3.63, 3.8) is 0 Å². The molecule has 0 aliphatic rings. The molecule has 1 amide bonds. The Labute approximate surface area is 129 Å². The molecule has 2 N–H and O–H groups in total. The van der Waals surface area contributed by atoms with Crippen LogP contribution in [0.25, 0.3) is 0 Å². The molecule has 0 bridgehead atoms. The van der Waals surface area contributed by atoms with Crippen molar-refractivity contribution in [2.75, 3.05) is 23.8 Å². The van der Waals surface area contributed by atoms with Gasteiger partial charge in [-0.05, 0) is 31.5 Å². The smallest absolute Gasteiger partial charge is 0.224 e. The quantitative estimate of drug-likeness (QED) is 0.733. The van der Waals surface area contributed by atoms with E-state index in [9.17, 15) is 4.79 Å². The Hall–Kier alpha value is -2.63. The zero-order chi connectivity index (χ0) is 15.6. The van der Waals surface area contributed by atoms with E-state index in [2.05, 4.69) is 20.6 Å². The average molecular weight is 300 g/mol. The highest BCUT2D eigenvalue weighted by Gasteiger charge is 2.07. The minimum atomic E-state index is -0.0390. The maximum atomic E-state index is 12.0. The van der Waals surface area contributed by atoms with E-state index in [1.54, 1.807) is 18.5 Å². The van der Waals surface area contributed by atoms with Gasteiger partial charge in [0.05, 0.1) is 12.3 Å². The van der Waals surface area contributed by atoms with Crippen LogP contribution in [0.3, 0.4) is 0 Å². The molecule has 0 radical (unpaired) electrons. The van der Waals surface area contributed by atoms with Crippen molar-refractivity contribution >= 4 is 17.5 Å². The van der Waals surface area contributed by atoms with Crippen molar-refractivity contribution in [2.24, 2.45) is 0 Å². The summed E-state index contributed by atoms with van der Waals surface area (Å²) in [5.74, 6) is 1.22. The molecule has 6 nitrogen and oxygen atoms in total. The summed E-state index contributed by atoms with van der Waals surface area (Å²) in [5, 5.41) is 5.94. The van der Waals surface area contributed by atoms with Crippen molar-refractivity contribution in [1.29, 1.82) is 0 Å². The van der Waals surface area contributed by atoms with Crippen LogP contribution >= 0.6 is 0 Å². The van der Waals surface area contributed by atoms with Crippen LogP contribution in [0.4, 0.5) is 11.6 Å². The van der Waals surface area contributed by atoms with Crippen molar-refractivity contribution < 1.29 is 9.53 Å². The van der Waals surface area contributed by atoms with E-state index < -0.39 is 0 Å². The first-order valence-electron chi connectivity index (χ1n) is 7.32. The fourth-order valence-corrected chi connectivity index (χ4v) is 1.90. The minimum absolute atomic E-state index is 0.0390. The van der Waals surface area contributed by atoms with Gasteiger partial charge in [0.1, 0.15) is 5.75 Å². The predicted octanol–water partition coefficient (Wildman–Crippen LogP) is 2.71. The Morgan fingerprint density at radius 3 is 2.73 bits per heavy atom. The number of anilines is 2. The maximum absolute atomic E-state index is 12.0. The van der Waals surface area contributed by atoms with Gasteiger partial charge in [0.25, 0.3) is 0 Å². The number of carbonyl (C=O) groups is 1. The van der Waals surface area contributed by atoms with Gasteiger partial charge in [-0.25, -0.2) is 9.97 Å². The third-order valence-corrected chi connectivity index (χ3v) is 2.89. The van der Waals surface area contributed by atoms with E-state index in [1.807, 2.05) is 31.2 Å². The number of aromatic nitrogens is 2. The monoisotopic (exact) mass is 300 g/mol. The number of hydrogen-bond donors (Lipinski definition) is 2. The molecule has 1 aromatic carbocycles. The van der Waals surface area contributed by atoms with Gasteiger partial charge in [0, 0.05) is 25.4 Å². The number of para-hydroxylation sites is 2. The molecule has 0 spiro atoms. The van der Waals surface area contributed by atoms with Gasteiger partial charge in [0.2, 0.25) is 11.9 Å². The molecule has 1 heterocycles. The van der Waals surface area contributed by atoms with E-state index in [0.717, 1.165) is 0 Å². The largest absolute Gasteiger partial charge is 0.492 e. The summed E-state index contributed by atoms with van der Waals surface area (Å²) in [4.78, 5) is 20.1. The lowest BCUT2D eigenvalue weighted by molar-refractivity contribution is -0.116. The molecule has 0 atom stereocenters. The molecule has 0 unspecified atom stereocenters. The Morgan fingerprint density at radius 1 is 1.18 bits per heavy atom. The molecule has 2 aromatic rings. The van der Waals surface area contributed by atoms with Crippen molar-refractivity contribution in [1.82, 2.24) is 9.97 Å². The third-order valence-electron chi connectivity index (χ3n) is 2.89. The number of amides is 1. The molecular formula is C16H20N4O2. The normalized spacial score (nSPS) is 10.0. The Morgan fingerprint density at radius 2 is 1.95 bits per heavy atom. The molecule has 0 fully saturated rings. The fraction of sp³-hybridized carbons (Fsp3) is 0.312. The number of rotatable bonds is 8. The lowest BCUT2D eigenvalue weighted by atomic mass is 10.2. The topological polar surface area (TPSA) is 76.1 Å². The molecule has 1 aromatic heterocycles. The average Bonchev–Trinajstić information content (AvgIpc) is 2.55. The highest BCUT2D eigenvalue weighted by atomic mass is 16.5. The summed E-state index contributed by atoms with van der Waals surface area (Å²) in [7, 11) is 0. The lowest BCUT2D eigenvalue weighted by Crippen LogP contribution is -2.14. The van der Waals surface area contributed by atoms with Crippen LogP contribution in [0.15, 0.2) is 42.7 Å². The van der Waals surface area contributed by atoms with E-state index in [1.165, 1.54) is 0 Å². The molecule has 6 heteroatoms. The number of carbonyl (C=O) groups excluding carboxylic acids is 1. The SMILES string of the molecule is CCOc1ccccc1NC(=O)CCCNc1ncccn1. The summed E-state index contributed by atoms with van der Waals surface area (Å²) in [6, 6.07) is 9.18. The van der Waals surface area contributed by atoms with Crippen molar-refractivity contribution in [2.45, 2.75) is 19.8 Å².